The monoisotopic (exact) mass is 316 g/mol. The molecular formula is C17H14F2N2O2. The minimum atomic E-state index is -0.986. The summed E-state index contributed by atoms with van der Waals surface area (Å²) < 4.78 is 26.7. The highest BCUT2D eigenvalue weighted by Gasteiger charge is 2.41. The molecule has 0 aliphatic carbocycles. The van der Waals surface area contributed by atoms with E-state index in [-0.39, 0.29) is 12.2 Å². The lowest BCUT2D eigenvalue weighted by Gasteiger charge is -2.17. The van der Waals surface area contributed by atoms with Crippen molar-refractivity contribution >= 4 is 17.5 Å². The van der Waals surface area contributed by atoms with Crippen LogP contribution in [-0.2, 0) is 9.59 Å². The van der Waals surface area contributed by atoms with E-state index >= 15 is 0 Å². The molecule has 0 aromatic heterocycles. The van der Waals surface area contributed by atoms with E-state index in [4.69, 9.17) is 0 Å². The standard InChI is InChI=1S/C17H14F2N2O2/c18-11-7-5-10(6-8-11)12-9-20-16(22)15(12)17(23)21-14-4-2-1-3-13(14)19/h1-8,12,15H,9H2,(H,20,22)(H,21,23). The van der Waals surface area contributed by atoms with E-state index in [2.05, 4.69) is 10.6 Å². The van der Waals surface area contributed by atoms with Gasteiger partial charge in [0.05, 0.1) is 5.69 Å². The van der Waals surface area contributed by atoms with E-state index in [1.807, 2.05) is 0 Å². The number of anilines is 1. The summed E-state index contributed by atoms with van der Waals surface area (Å²) in [6, 6.07) is 11.4. The Bertz CT molecular complexity index is 747. The van der Waals surface area contributed by atoms with Gasteiger partial charge in [-0.15, -0.1) is 0 Å². The van der Waals surface area contributed by atoms with E-state index in [0.29, 0.717) is 5.56 Å². The highest BCUT2D eigenvalue weighted by Crippen LogP contribution is 2.30. The van der Waals surface area contributed by atoms with Crippen LogP contribution >= 0.6 is 0 Å². The van der Waals surface area contributed by atoms with Crippen molar-refractivity contribution in [3.05, 3.63) is 65.7 Å². The van der Waals surface area contributed by atoms with Crippen molar-refractivity contribution in [3.8, 4) is 0 Å². The van der Waals surface area contributed by atoms with E-state index in [9.17, 15) is 18.4 Å². The van der Waals surface area contributed by atoms with Crippen LogP contribution in [0.25, 0.3) is 0 Å². The molecule has 0 spiro atoms. The summed E-state index contributed by atoms with van der Waals surface area (Å²) in [6.07, 6.45) is 0. The summed E-state index contributed by atoms with van der Waals surface area (Å²) >= 11 is 0. The highest BCUT2D eigenvalue weighted by molar-refractivity contribution is 6.08. The minimum Gasteiger partial charge on any atom is -0.355 e. The molecule has 6 heteroatoms. The van der Waals surface area contributed by atoms with Gasteiger partial charge in [-0.3, -0.25) is 9.59 Å². The lowest BCUT2D eigenvalue weighted by Crippen LogP contribution is -2.32. The summed E-state index contributed by atoms with van der Waals surface area (Å²) in [5.74, 6) is -3.38. The molecule has 1 heterocycles. The van der Waals surface area contributed by atoms with E-state index < -0.39 is 35.3 Å². The van der Waals surface area contributed by atoms with Crippen molar-refractivity contribution in [2.24, 2.45) is 5.92 Å². The molecule has 0 saturated carbocycles. The zero-order valence-electron chi connectivity index (χ0n) is 12.1. The Morgan fingerprint density at radius 2 is 1.78 bits per heavy atom. The number of rotatable bonds is 3. The van der Waals surface area contributed by atoms with Crippen LogP contribution in [0.1, 0.15) is 11.5 Å². The van der Waals surface area contributed by atoms with Gasteiger partial charge in [-0.1, -0.05) is 24.3 Å². The SMILES string of the molecule is O=C1NCC(c2ccc(F)cc2)C1C(=O)Nc1ccccc1F. The van der Waals surface area contributed by atoms with Gasteiger partial charge in [-0.25, -0.2) is 8.78 Å². The normalized spacial score (nSPS) is 20.2. The fraction of sp³-hybridized carbons (Fsp3) is 0.176. The number of benzene rings is 2. The molecule has 2 N–H and O–H groups in total. The summed E-state index contributed by atoms with van der Waals surface area (Å²) in [4.78, 5) is 24.4. The molecule has 1 saturated heterocycles. The van der Waals surface area contributed by atoms with Gasteiger partial charge < -0.3 is 10.6 Å². The van der Waals surface area contributed by atoms with Crippen molar-refractivity contribution in [2.75, 3.05) is 11.9 Å². The molecule has 2 unspecified atom stereocenters. The zero-order valence-corrected chi connectivity index (χ0v) is 12.1. The maximum Gasteiger partial charge on any atom is 0.237 e. The molecule has 2 amide bonds. The van der Waals surface area contributed by atoms with Crippen molar-refractivity contribution in [1.29, 1.82) is 0 Å². The lowest BCUT2D eigenvalue weighted by atomic mass is 9.88. The molecule has 23 heavy (non-hydrogen) atoms. The molecule has 2 aromatic carbocycles. The predicted molar refractivity (Wildman–Crippen MR) is 80.7 cm³/mol. The largest absolute Gasteiger partial charge is 0.355 e. The summed E-state index contributed by atoms with van der Waals surface area (Å²) in [7, 11) is 0. The number of carbonyl (C=O) groups excluding carboxylic acids is 2. The highest BCUT2D eigenvalue weighted by atomic mass is 19.1. The van der Waals surface area contributed by atoms with Crippen LogP contribution in [0.3, 0.4) is 0 Å². The Kier molecular flexibility index (Phi) is 4.06. The van der Waals surface area contributed by atoms with Gasteiger partial charge in [0.2, 0.25) is 11.8 Å². The van der Waals surface area contributed by atoms with Gasteiger partial charge in [0.15, 0.2) is 0 Å². The average molecular weight is 316 g/mol. The molecule has 1 aliphatic rings. The third-order valence-electron chi connectivity index (χ3n) is 3.89. The van der Waals surface area contributed by atoms with Crippen molar-refractivity contribution < 1.29 is 18.4 Å². The summed E-state index contributed by atoms with van der Waals surface area (Å²) in [5.41, 5.74) is 0.702. The Morgan fingerprint density at radius 3 is 2.48 bits per heavy atom. The Hall–Kier alpha value is -2.76. The Balaban J connectivity index is 1.83. The van der Waals surface area contributed by atoms with Gasteiger partial charge in [0.1, 0.15) is 17.6 Å². The number of hydrogen-bond acceptors (Lipinski definition) is 2. The Labute approximate surface area is 131 Å². The van der Waals surface area contributed by atoms with Gasteiger partial charge in [0.25, 0.3) is 0 Å². The Morgan fingerprint density at radius 1 is 1.09 bits per heavy atom. The van der Waals surface area contributed by atoms with E-state index in [1.54, 1.807) is 18.2 Å². The smallest absolute Gasteiger partial charge is 0.237 e. The average Bonchev–Trinajstić information content (AvgIpc) is 2.92. The van der Waals surface area contributed by atoms with E-state index in [0.717, 1.165) is 0 Å². The fourth-order valence-corrected chi connectivity index (χ4v) is 2.72. The zero-order chi connectivity index (χ0) is 16.4. The molecule has 1 aliphatic heterocycles. The molecule has 118 valence electrons. The first-order valence-corrected chi connectivity index (χ1v) is 7.15. The lowest BCUT2D eigenvalue weighted by molar-refractivity contribution is -0.130. The van der Waals surface area contributed by atoms with Crippen molar-refractivity contribution in [2.45, 2.75) is 5.92 Å². The number of hydrogen-bond donors (Lipinski definition) is 2. The number of para-hydroxylation sites is 1. The van der Waals surface area contributed by atoms with Crippen LogP contribution in [-0.4, -0.2) is 18.4 Å². The summed E-state index contributed by atoms with van der Waals surface area (Å²) in [5, 5.41) is 5.07. The predicted octanol–water partition coefficient (Wildman–Crippen LogP) is 2.43. The van der Waals surface area contributed by atoms with Crippen LogP contribution in [0, 0.1) is 17.6 Å². The molecule has 4 nitrogen and oxygen atoms in total. The summed E-state index contributed by atoms with van der Waals surface area (Å²) in [6.45, 7) is 0.278. The third-order valence-corrected chi connectivity index (χ3v) is 3.89. The number of halogens is 2. The molecule has 0 bridgehead atoms. The van der Waals surface area contributed by atoms with Gasteiger partial charge in [-0.2, -0.15) is 0 Å². The number of carbonyl (C=O) groups is 2. The van der Waals surface area contributed by atoms with Gasteiger partial charge in [0, 0.05) is 12.5 Å². The van der Waals surface area contributed by atoms with Crippen LogP contribution in [0.15, 0.2) is 48.5 Å². The molecule has 1 fully saturated rings. The second-order valence-corrected chi connectivity index (χ2v) is 5.35. The van der Waals surface area contributed by atoms with Crippen molar-refractivity contribution in [3.63, 3.8) is 0 Å². The first-order chi connectivity index (χ1) is 11.1. The molecule has 0 radical (unpaired) electrons. The first-order valence-electron chi connectivity index (χ1n) is 7.15. The van der Waals surface area contributed by atoms with Crippen LogP contribution < -0.4 is 10.6 Å². The molecule has 2 aromatic rings. The fourth-order valence-electron chi connectivity index (χ4n) is 2.72. The number of nitrogens with one attached hydrogen (secondary N) is 2. The van der Waals surface area contributed by atoms with Crippen LogP contribution in [0.4, 0.5) is 14.5 Å². The van der Waals surface area contributed by atoms with Gasteiger partial charge >= 0.3 is 0 Å². The first kappa shape index (κ1) is 15.1. The second kappa shape index (κ2) is 6.16. The second-order valence-electron chi connectivity index (χ2n) is 5.35. The third kappa shape index (κ3) is 3.06. The number of amides is 2. The van der Waals surface area contributed by atoms with E-state index in [1.165, 1.54) is 30.3 Å². The minimum absolute atomic E-state index is 0.0232. The quantitative estimate of drug-likeness (QED) is 0.855. The maximum absolute atomic E-state index is 13.6. The molecule has 3 rings (SSSR count). The van der Waals surface area contributed by atoms with Gasteiger partial charge in [-0.05, 0) is 29.8 Å². The molecule has 2 atom stereocenters. The maximum atomic E-state index is 13.6. The molecular weight excluding hydrogens is 302 g/mol. The topological polar surface area (TPSA) is 58.2 Å². The van der Waals surface area contributed by atoms with Crippen molar-refractivity contribution in [1.82, 2.24) is 5.32 Å². The van der Waals surface area contributed by atoms with Crippen LogP contribution in [0.2, 0.25) is 0 Å². The van der Waals surface area contributed by atoms with Crippen LogP contribution in [0.5, 0.6) is 0 Å².